The molecule has 2 aromatic rings. The summed E-state index contributed by atoms with van der Waals surface area (Å²) in [7, 11) is 0. The summed E-state index contributed by atoms with van der Waals surface area (Å²) in [4.78, 5) is 22.5. The molecule has 21 heavy (non-hydrogen) atoms. The molecule has 0 saturated carbocycles. The lowest BCUT2D eigenvalue weighted by atomic mass is 10.2. The van der Waals surface area contributed by atoms with E-state index >= 15 is 0 Å². The van der Waals surface area contributed by atoms with E-state index in [9.17, 15) is 4.79 Å². The SMILES string of the molecule is O=C(CN1CCOCC1)Nc1nc(-c2cccnc2)cs1. The zero-order valence-corrected chi connectivity index (χ0v) is 12.3. The first-order valence-electron chi connectivity index (χ1n) is 6.77. The number of morpholine rings is 1. The highest BCUT2D eigenvalue weighted by molar-refractivity contribution is 7.14. The van der Waals surface area contributed by atoms with Crippen LogP contribution in [0.5, 0.6) is 0 Å². The van der Waals surface area contributed by atoms with Crippen molar-refractivity contribution in [2.75, 3.05) is 38.2 Å². The first-order valence-corrected chi connectivity index (χ1v) is 7.65. The maximum absolute atomic E-state index is 12.0. The zero-order valence-electron chi connectivity index (χ0n) is 11.5. The van der Waals surface area contributed by atoms with Crippen molar-refractivity contribution in [3.8, 4) is 11.3 Å². The van der Waals surface area contributed by atoms with Crippen LogP contribution in [0.15, 0.2) is 29.9 Å². The van der Waals surface area contributed by atoms with Crippen molar-refractivity contribution < 1.29 is 9.53 Å². The summed E-state index contributed by atoms with van der Waals surface area (Å²) in [6.45, 7) is 3.36. The molecule has 0 radical (unpaired) electrons. The van der Waals surface area contributed by atoms with Gasteiger partial charge in [0.25, 0.3) is 0 Å². The van der Waals surface area contributed by atoms with Crippen molar-refractivity contribution in [2.24, 2.45) is 0 Å². The number of nitrogens with one attached hydrogen (secondary N) is 1. The quantitative estimate of drug-likeness (QED) is 0.926. The normalized spacial score (nSPS) is 15.8. The largest absolute Gasteiger partial charge is 0.379 e. The Morgan fingerprint density at radius 2 is 2.29 bits per heavy atom. The van der Waals surface area contributed by atoms with Gasteiger partial charge in [-0.3, -0.25) is 14.7 Å². The van der Waals surface area contributed by atoms with Crippen LogP contribution in [0.1, 0.15) is 0 Å². The average Bonchev–Trinajstić information content (AvgIpc) is 2.97. The Labute approximate surface area is 126 Å². The van der Waals surface area contributed by atoms with Gasteiger partial charge in [0.1, 0.15) is 0 Å². The van der Waals surface area contributed by atoms with E-state index in [1.54, 1.807) is 12.4 Å². The third-order valence-corrected chi connectivity index (χ3v) is 3.94. The lowest BCUT2D eigenvalue weighted by molar-refractivity contribution is -0.118. The van der Waals surface area contributed by atoms with Crippen molar-refractivity contribution in [3.05, 3.63) is 29.9 Å². The molecule has 1 amide bonds. The van der Waals surface area contributed by atoms with Crippen LogP contribution in [0, 0.1) is 0 Å². The van der Waals surface area contributed by atoms with Crippen LogP contribution in [0.25, 0.3) is 11.3 Å². The Morgan fingerprint density at radius 1 is 1.43 bits per heavy atom. The molecule has 0 bridgehead atoms. The van der Waals surface area contributed by atoms with Crippen LogP contribution >= 0.6 is 11.3 Å². The molecule has 2 aromatic heterocycles. The Morgan fingerprint density at radius 3 is 3.05 bits per heavy atom. The minimum Gasteiger partial charge on any atom is -0.379 e. The van der Waals surface area contributed by atoms with E-state index in [0.29, 0.717) is 24.9 Å². The van der Waals surface area contributed by atoms with E-state index in [-0.39, 0.29) is 5.91 Å². The fourth-order valence-electron chi connectivity index (χ4n) is 2.10. The fourth-order valence-corrected chi connectivity index (χ4v) is 2.84. The van der Waals surface area contributed by atoms with Gasteiger partial charge >= 0.3 is 0 Å². The summed E-state index contributed by atoms with van der Waals surface area (Å²) in [6, 6.07) is 3.81. The van der Waals surface area contributed by atoms with E-state index in [0.717, 1.165) is 24.3 Å². The summed E-state index contributed by atoms with van der Waals surface area (Å²) in [6.07, 6.45) is 3.48. The van der Waals surface area contributed by atoms with Gasteiger partial charge in [-0.2, -0.15) is 0 Å². The van der Waals surface area contributed by atoms with E-state index in [1.165, 1.54) is 11.3 Å². The number of amides is 1. The van der Waals surface area contributed by atoms with Crippen LogP contribution in [0.4, 0.5) is 5.13 Å². The van der Waals surface area contributed by atoms with Crippen molar-refractivity contribution in [1.82, 2.24) is 14.9 Å². The molecule has 1 saturated heterocycles. The summed E-state index contributed by atoms with van der Waals surface area (Å²) in [5.41, 5.74) is 1.78. The predicted molar refractivity (Wildman–Crippen MR) is 81.2 cm³/mol. The number of rotatable bonds is 4. The first kappa shape index (κ1) is 14.1. The second-order valence-corrected chi connectivity index (χ2v) is 5.57. The van der Waals surface area contributed by atoms with Crippen LogP contribution in [-0.2, 0) is 9.53 Å². The molecule has 0 aromatic carbocycles. The van der Waals surface area contributed by atoms with Gasteiger partial charge in [0.05, 0.1) is 25.5 Å². The molecule has 0 unspecified atom stereocenters. The van der Waals surface area contributed by atoms with E-state index in [2.05, 4.69) is 20.2 Å². The molecule has 1 fully saturated rings. The molecular formula is C14H16N4O2S. The lowest BCUT2D eigenvalue weighted by Gasteiger charge is -2.25. The number of pyridine rings is 1. The molecule has 6 nitrogen and oxygen atoms in total. The Balaban J connectivity index is 1.58. The number of hydrogen-bond donors (Lipinski definition) is 1. The maximum atomic E-state index is 12.0. The molecule has 0 atom stereocenters. The van der Waals surface area contributed by atoms with Gasteiger partial charge in [0.15, 0.2) is 5.13 Å². The number of ether oxygens (including phenoxy) is 1. The molecule has 7 heteroatoms. The molecular weight excluding hydrogens is 288 g/mol. The number of hydrogen-bond acceptors (Lipinski definition) is 6. The van der Waals surface area contributed by atoms with Gasteiger partial charge < -0.3 is 10.1 Å². The summed E-state index contributed by atoms with van der Waals surface area (Å²) in [5, 5.41) is 5.38. The number of nitrogens with zero attached hydrogens (tertiary/aromatic N) is 3. The third kappa shape index (κ3) is 3.84. The van der Waals surface area contributed by atoms with Gasteiger partial charge in [0.2, 0.25) is 5.91 Å². The molecule has 110 valence electrons. The Bertz CT molecular complexity index is 596. The first-order chi connectivity index (χ1) is 10.3. The van der Waals surface area contributed by atoms with Gasteiger partial charge in [-0.1, -0.05) is 0 Å². The van der Waals surface area contributed by atoms with Crippen LogP contribution in [0.2, 0.25) is 0 Å². The number of aromatic nitrogens is 2. The zero-order chi connectivity index (χ0) is 14.5. The number of carbonyl (C=O) groups excluding carboxylic acids is 1. The minimum absolute atomic E-state index is 0.0380. The van der Waals surface area contributed by atoms with E-state index < -0.39 is 0 Å². The Hall–Kier alpha value is -1.83. The molecule has 3 heterocycles. The monoisotopic (exact) mass is 304 g/mol. The van der Waals surface area contributed by atoms with Crippen LogP contribution < -0.4 is 5.32 Å². The Kier molecular flexibility index (Phi) is 4.54. The topological polar surface area (TPSA) is 67.3 Å². The highest BCUT2D eigenvalue weighted by atomic mass is 32.1. The molecule has 1 aliphatic rings. The summed E-state index contributed by atoms with van der Waals surface area (Å²) >= 11 is 1.42. The molecule has 0 spiro atoms. The minimum atomic E-state index is -0.0380. The lowest BCUT2D eigenvalue weighted by Crippen LogP contribution is -2.41. The van der Waals surface area contributed by atoms with Gasteiger partial charge in [0, 0.05) is 36.4 Å². The van der Waals surface area contributed by atoms with E-state index in [4.69, 9.17) is 4.74 Å². The van der Waals surface area contributed by atoms with Gasteiger partial charge in [-0.05, 0) is 12.1 Å². The second-order valence-electron chi connectivity index (χ2n) is 4.72. The van der Waals surface area contributed by atoms with Crippen molar-refractivity contribution in [2.45, 2.75) is 0 Å². The highest BCUT2D eigenvalue weighted by Gasteiger charge is 2.15. The maximum Gasteiger partial charge on any atom is 0.240 e. The number of thiazole rings is 1. The standard InChI is InChI=1S/C14H16N4O2S/c19-13(9-18-4-6-20-7-5-18)17-14-16-12(10-21-14)11-2-1-3-15-8-11/h1-3,8,10H,4-7,9H2,(H,16,17,19). The molecule has 1 aliphatic heterocycles. The number of anilines is 1. The number of carbonyl (C=O) groups is 1. The average molecular weight is 304 g/mol. The van der Waals surface area contributed by atoms with Gasteiger partial charge in [-0.15, -0.1) is 11.3 Å². The van der Waals surface area contributed by atoms with Crippen molar-refractivity contribution in [1.29, 1.82) is 0 Å². The molecule has 1 N–H and O–H groups in total. The summed E-state index contributed by atoms with van der Waals surface area (Å²) < 4.78 is 5.26. The fraction of sp³-hybridized carbons (Fsp3) is 0.357. The van der Waals surface area contributed by atoms with Crippen LogP contribution in [0.3, 0.4) is 0 Å². The smallest absolute Gasteiger partial charge is 0.240 e. The third-order valence-electron chi connectivity index (χ3n) is 3.18. The van der Waals surface area contributed by atoms with Gasteiger partial charge in [-0.25, -0.2) is 4.98 Å². The van der Waals surface area contributed by atoms with E-state index in [1.807, 2.05) is 17.5 Å². The van der Waals surface area contributed by atoms with Crippen molar-refractivity contribution >= 4 is 22.4 Å². The van der Waals surface area contributed by atoms with Crippen molar-refractivity contribution in [3.63, 3.8) is 0 Å². The molecule has 0 aliphatic carbocycles. The summed E-state index contributed by atoms with van der Waals surface area (Å²) in [5.74, 6) is -0.0380. The second kappa shape index (κ2) is 6.75. The van der Waals surface area contributed by atoms with Crippen LogP contribution in [-0.4, -0.2) is 53.6 Å². The highest BCUT2D eigenvalue weighted by Crippen LogP contribution is 2.23. The predicted octanol–water partition coefficient (Wildman–Crippen LogP) is 1.48. The molecule has 3 rings (SSSR count).